The summed E-state index contributed by atoms with van der Waals surface area (Å²) >= 11 is 0. The van der Waals surface area contributed by atoms with Crippen LogP contribution in [0.2, 0.25) is 0 Å². The fourth-order valence-electron chi connectivity index (χ4n) is 4.14. The number of aryl methyl sites for hydroxylation is 1. The zero-order valence-corrected chi connectivity index (χ0v) is 19.0. The average molecular weight is 449 g/mol. The fourth-order valence-corrected chi connectivity index (χ4v) is 5.68. The molecular weight excluding hydrogens is 420 g/mol. The largest absolute Gasteiger partial charge is 0.345 e. The molecule has 3 aromatic carbocycles. The van der Waals surface area contributed by atoms with Crippen LogP contribution < -0.4 is 5.32 Å². The molecule has 4 rings (SSSR count). The minimum absolute atomic E-state index is 0.118. The van der Waals surface area contributed by atoms with Crippen molar-refractivity contribution in [1.82, 2.24) is 9.62 Å². The van der Waals surface area contributed by atoms with E-state index in [-0.39, 0.29) is 29.3 Å². The number of nitrogens with one attached hydrogen (secondary N) is 1. The van der Waals surface area contributed by atoms with Gasteiger partial charge in [-0.1, -0.05) is 78.4 Å². The maximum Gasteiger partial charge on any atom is 0.243 e. The van der Waals surface area contributed by atoms with E-state index < -0.39 is 10.0 Å². The zero-order chi connectivity index (χ0) is 22.6. The molecule has 0 unspecified atom stereocenters. The van der Waals surface area contributed by atoms with Crippen molar-refractivity contribution in [3.05, 3.63) is 102 Å². The minimum atomic E-state index is -3.61. The first-order valence-corrected chi connectivity index (χ1v) is 12.4. The Morgan fingerprint density at radius 2 is 1.50 bits per heavy atom. The van der Waals surface area contributed by atoms with E-state index in [0.717, 1.165) is 16.7 Å². The molecule has 1 amide bonds. The number of benzene rings is 3. The summed E-state index contributed by atoms with van der Waals surface area (Å²) in [7, 11) is -3.61. The van der Waals surface area contributed by atoms with Crippen LogP contribution in [0, 0.1) is 12.8 Å². The van der Waals surface area contributed by atoms with Crippen molar-refractivity contribution >= 4 is 15.9 Å². The molecule has 32 heavy (non-hydrogen) atoms. The molecule has 1 N–H and O–H groups in total. The van der Waals surface area contributed by atoms with Crippen molar-refractivity contribution in [1.29, 1.82) is 0 Å². The van der Waals surface area contributed by atoms with E-state index in [1.165, 1.54) is 4.31 Å². The summed E-state index contributed by atoms with van der Waals surface area (Å²) in [5, 5.41) is 3.19. The van der Waals surface area contributed by atoms with Gasteiger partial charge in [0.05, 0.1) is 16.9 Å². The van der Waals surface area contributed by atoms with Gasteiger partial charge in [0.1, 0.15) is 0 Å². The maximum absolute atomic E-state index is 13.3. The number of piperidine rings is 1. The fraction of sp³-hybridized carbons (Fsp3) is 0.269. The summed E-state index contributed by atoms with van der Waals surface area (Å²) in [5.74, 6) is -0.508. The molecule has 1 fully saturated rings. The van der Waals surface area contributed by atoms with Gasteiger partial charge in [0, 0.05) is 13.1 Å². The van der Waals surface area contributed by atoms with E-state index in [9.17, 15) is 13.2 Å². The number of hydrogen-bond donors (Lipinski definition) is 1. The topological polar surface area (TPSA) is 66.5 Å². The van der Waals surface area contributed by atoms with Crippen molar-refractivity contribution in [3.8, 4) is 0 Å². The van der Waals surface area contributed by atoms with Crippen LogP contribution in [0.4, 0.5) is 0 Å². The number of rotatable bonds is 6. The lowest BCUT2D eigenvalue weighted by Gasteiger charge is -2.32. The lowest BCUT2D eigenvalue weighted by molar-refractivity contribution is -0.126. The number of hydrogen-bond acceptors (Lipinski definition) is 3. The summed E-state index contributed by atoms with van der Waals surface area (Å²) in [4.78, 5) is 13.6. The molecule has 6 heteroatoms. The first-order chi connectivity index (χ1) is 15.4. The molecule has 1 heterocycles. The molecule has 0 aliphatic carbocycles. The number of sulfonamides is 1. The number of nitrogens with zero attached hydrogens (tertiary/aromatic N) is 1. The van der Waals surface area contributed by atoms with Crippen molar-refractivity contribution < 1.29 is 13.2 Å². The molecule has 0 bridgehead atoms. The molecule has 0 aromatic heterocycles. The van der Waals surface area contributed by atoms with Gasteiger partial charge in [0.25, 0.3) is 0 Å². The van der Waals surface area contributed by atoms with Crippen molar-refractivity contribution in [3.63, 3.8) is 0 Å². The third-order valence-electron chi connectivity index (χ3n) is 5.97. The van der Waals surface area contributed by atoms with E-state index in [0.29, 0.717) is 19.4 Å². The van der Waals surface area contributed by atoms with E-state index in [4.69, 9.17) is 0 Å². The van der Waals surface area contributed by atoms with Gasteiger partial charge in [-0.3, -0.25) is 4.79 Å². The lowest BCUT2D eigenvalue weighted by Crippen LogP contribution is -2.46. The van der Waals surface area contributed by atoms with E-state index in [2.05, 4.69) is 5.32 Å². The molecule has 1 saturated heterocycles. The molecule has 0 saturated carbocycles. The second kappa shape index (κ2) is 9.67. The molecule has 1 aliphatic heterocycles. The van der Waals surface area contributed by atoms with Crippen LogP contribution in [0.1, 0.15) is 35.6 Å². The van der Waals surface area contributed by atoms with E-state index >= 15 is 0 Å². The van der Waals surface area contributed by atoms with Gasteiger partial charge in [-0.05, 0) is 43.0 Å². The van der Waals surface area contributed by atoms with E-state index in [1.54, 1.807) is 30.3 Å². The monoisotopic (exact) mass is 448 g/mol. The number of carbonyl (C=O) groups excluding carboxylic acids is 1. The van der Waals surface area contributed by atoms with Gasteiger partial charge in [0.2, 0.25) is 15.9 Å². The van der Waals surface area contributed by atoms with Crippen molar-refractivity contribution in [2.45, 2.75) is 30.7 Å². The predicted octanol–water partition coefficient (Wildman–Crippen LogP) is 4.30. The lowest BCUT2D eigenvalue weighted by atomic mass is 9.94. The highest BCUT2D eigenvalue weighted by molar-refractivity contribution is 7.89. The highest BCUT2D eigenvalue weighted by Crippen LogP contribution is 2.27. The molecule has 0 spiro atoms. The Kier molecular flexibility index (Phi) is 6.72. The minimum Gasteiger partial charge on any atom is -0.345 e. The SMILES string of the molecule is Cc1ccc([C@H](NC(=O)[C@@H]2CCCN(S(=O)(=O)c3ccccc3)C2)c2ccccc2)cc1. The summed E-state index contributed by atoms with van der Waals surface area (Å²) in [5.41, 5.74) is 3.15. The van der Waals surface area contributed by atoms with Crippen LogP contribution in [0.3, 0.4) is 0 Å². The molecule has 3 aromatic rings. The Hall–Kier alpha value is -2.96. The summed E-state index contributed by atoms with van der Waals surface area (Å²) in [6.45, 7) is 2.66. The average Bonchev–Trinajstić information content (AvgIpc) is 2.84. The van der Waals surface area contributed by atoms with Crippen LogP contribution in [0.25, 0.3) is 0 Å². The van der Waals surface area contributed by atoms with Crippen LogP contribution in [0.15, 0.2) is 89.8 Å². The Morgan fingerprint density at radius 3 is 2.16 bits per heavy atom. The second-order valence-electron chi connectivity index (χ2n) is 8.28. The Balaban J connectivity index is 1.54. The number of carbonyl (C=O) groups is 1. The third-order valence-corrected chi connectivity index (χ3v) is 7.85. The quantitative estimate of drug-likeness (QED) is 0.611. The zero-order valence-electron chi connectivity index (χ0n) is 18.1. The third kappa shape index (κ3) is 4.92. The molecular formula is C26H28N2O3S. The van der Waals surface area contributed by atoms with Gasteiger partial charge in [-0.25, -0.2) is 8.42 Å². The van der Waals surface area contributed by atoms with Crippen LogP contribution in [-0.2, 0) is 14.8 Å². The Morgan fingerprint density at radius 1 is 0.906 bits per heavy atom. The molecule has 5 nitrogen and oxygen atoms in total. The summed E-state index contributed by atoms with van der Waals surface area (Å²) in [6.07, 6.45) is 1.33. The Labute approximate surface area is 190 Å². The van der Waals surface area contributed by atoms with Gasteiger partial charge in [-0.2, -0.15) is 4.31 Å². The van der Waals surface area contributed by atoms with Crippen LogP contribution >= 0.6 is 0 Å². The molecule has 166 valence electrons. The first kappa shape index (κ1) is 22.2. The van der Waals surface area contributed by atoms with Crippen LogP contribution in [-0.4, -0.2) is 31.7 Å². The summed E-state index contributed by atoms with van der Waals surface area (Å²) in [6, 6.07) is 26.1. The molecule has 0 radical (unpaired) electrons. The molecule has 1 aliphatic rings. The second-order valence-corrected chi connectivity index (χ2v) is 10.2. The standard InChI is InChI=1S/C26H28N2O3S/c1-20-14-16-22(17-15-20)25(21-9-4-2-5-10-21)27-26(29)23-11-8-18-28(19-23)32(30,31)24-12-6-3-7-13-24/h2-7,9-10,12-17,23,25H,8,11,18-19H2,1H3,(H,27,29)/t23-,25-/m1/s1. The van der Waals surface area contributed by atoms with Gasteiger partial charge in [0.15, 0.2) is 0 Å². The highest BCUT2D eigenvalue weighted by Gasteiger charge is 2.34. The predicted molar refractivity (Wildman–Crippen MR) is 126 cm³/mol. The van der Waals surface area contributed by atoms with Crippen molar-refractivity contribution in [2.75, 3.05) is 13.1 Å². The first-order valence-electron chi connectivity index (χ1n) is 10.9. The summed E-state index contributed by atoms with van der Waals surface area (Å²) < 4.78 is 27.5. The van der Waals surface area contributed by atoms with Crippen LogP contribution in [0.5, 0.6) is 0 Å². The maximum atomic E-state index is 13.3. The molecule has 2 atom stereocenters. The Bertz CT molecular complexity index is 1150. The normalized spacial score (nSPS) is 18.1. The van der Waals surface area contributed by atoms with Gasteiger partial charge < -0.3 is 5.32 Å². The van der Waals surface area contributed by atoms with E-state index in [1.807, 2.05) is 61.5 Å². The number of amides is 1. The van der Waals surface area contributed by atoms with Gasteiger partial charge in [-0.15, -0.1) is 0 Å². The highest BCUT2D eigenvalue weighted by atomic mass is 32.2. The smallest absolute Gasteiger partial charge is 0.243 e. The van der Waals surface area contributed by atoms with Gasteiger partial charge >= 0.3 is 0 Å². The van der Waals surface area contributed by atoms with Crippen molar-refractivity contribution in [2.24, 2.45) is 5.92 Å².